The third-order valence-corrected chi connectivity index (χ3v) is 0. The summed E-state index contributed by atoms with van der Waals surface area (Å²) in [5.41, 5.74) is 0. The average Bonchev–Trinajstić information content (AvgIpc) is 0.722. The summed E-state index contributed by atoms with van der Waals surface area (Å²) in [6.45, 7) is 0. The van der Waals surface area contributed by atoms with Gasteiger partial charge in [0.15, 0.2) is 0 Å². The van der Waals surface area contributed by atoms with Gasteiger partial charge >= 0.3 is 17.4 Å². The molecule has 0 amide bonds. The van der Waals surface area contributed by atoms with Crippen LogP contribution in [0.15, 0.2) is 0 Å². The first-order valence-corrected chi connectivity index (χ1v) is 2.19. The van der Waals surface area contributed by atoms with E-state index in [2.05, 4.69) is 0 Å². The van der Waals surface area contributed by atoms with E-state index < -0.39 is 7.82 Å². The van der Waals surface area contributed by atoms with Gasteiger partial charge in [0, 0.05) is 17.4 Å². The summed E-state index contributed by atoms with van der Waals surface area (Å²) < 4.78 is 8.55. The molecule has 0 unspecified atom stereocenters. The van der Waals surface area contributed by atoms with E-state index in [9.17, 15) is 0 Å². The molecule has 0 aromatic rings. The van der Waals surface area contributed by atoms with Crippen molar-refractivity contribution in [3.8, 4) is 0 Å². The Morgan fingerprint density at radius 3 is 1.14 bits per heavy atom. The molecule has 0 aliphatic rings. The number of phosphoric acid groups is 1. The third-order valence-electron chi connectivity index (χ3n) is 0. The summed E-state index contributed by atoms with van der Waals surface area (Å²) >= 11 is 0. The molecule has 0 aromatic carbocycles. The van der Waals surface area contributed by atoms with Crippen LogP contribution in [-0.4, -0.2) is 17.4 Å². The van der Waals surface area contributed by atoms with Crippen molar-refractivity contribution in [3.63, 3.8) is 0 Å². The van der Waals surface area contributed by atoms with Crippen LogP contribution in [0.4, 0.5) is 0 Å². The second-order valence-electron chi connectivity index (χ2n) is 0.447. The van der Waals surface area contributed by atoms with Crippen molar-refractivity contribution in [3.05, 3.63) is 0 Å². The first kappa shape index (κ1) is 15.7. The standard InChI is InChI=1S/Al.Cr.H3O4P/c;;1-5(2,3)4/h;;(H3,1,2,3,4)/q;+3;/p-3. The van der Waals surface area contributed by atoms with E-state index in [0.29, 0.717) is 0 Å². The van der Waals surface area contributed by atoms with Crippen LogP contribution in [-0.2, 0) is 21.9 Å². The van der Waals surface area contributed by atoms with Crippen LogP contribution in [0.25, 0.3) is 0 Å². The second kappa shape index (κ2) is 5.31. The van der Waals surface area contributed by atoms with Crippen molar-refractivity contribution in [2.45, 2.75) is 0 Å². The molecule has 0 N–H and O–H groups in total. The van der Waals surface area contributed by atoms with E-state index in [-0.39, 0.29) is 34.7 Å². The summed E-state index contributed by atoms with van der Waals surface area (Å²) in [6, 6.07) is 0. The minimum Gasteiger partial charge on any atom is -0.822 e. The van der Waals surface area contributed by atoms with E-state index in [4.69, 9.17) is 19.2 Å². The van der Waals surface area contributed by atoms with Crippen LogP contribution in [0, 0.1) is 0 Å². The van der Waals surface area contributed by atoms with Crippen molar-refractivity contribution in [2.75, 3.05) is 0 Å². The average molecular weight is 174 g/mol. The zero-order chi connectivity index (χ0) is 4.50. The van der Waals surface area contributed by atoms with Gasteiger partial charge in [-0.05, 0) is 0 Å². The molecule has 0 heterocycles. The Morgan fingerprint density at radius 2 is 1.14 bits per heavy atom. The molecule has 0 saturated heterocycles. The molecule has 0 spiro atoms. The molecule has 7 heteroatoms. The third kappa shape index (κ3) is 139. The van der Waals surface area contributed by atoms with Crippen molar-refractivity contribution in [1.82, 2.24) is 0 Å². The maximum Gasteiger partial charge on any atom is 3.00 e. The molecule has 0 fully saturated rings. The van der Waals surface area contributed by atoms with E-state index >= 15 is 0 Å². The van der Waals surface area contributed by atoms with Crippen molar-refractivity contribution < 1.29 is 36.6 Å². The predicted molar refractivity (Wildman–Crippen MR) is 13.4 cm³/mol. The van der Waals surface area contributed by atoms with Gasteiger partial charge in [-0.2, -0.15) is 7.82 Å². The van der Waals surface area contributed by atoms with Crippen LogP contribution in [0.1, 0.15) is 0 Å². The summed E-state index contributed by atoms with van der Waals surface area (Å²) in [5.74, 6) is 0. The Labute approximate surface area is 62.1 Å². The van der Waals surface area contributed by atoms with Gasteiger partial charge in [0.1, 0.15) is 0 Å². The molecule has 4 radical (unpaired) electrons. The van der Waals surface area contributed by atoms with Gasteiger partial charge in [0.05, 0.1) is 0 Å². The smallest absolute Gasteiger partial charge is 0.822 e. The summed E-state index contributed by atoms with van der Waals surface area (Å²) in [7, 11) is -5.39. The maximum absolute atomic E-state index is 8.55. The fourth-order valence-corrected chi connectivity index (χ4v) is 0. The minimum atomic E-state index is -5.39. The molecular formula is AlCrO4P. The van der Waals surface area contributed by atoms with Gasteiger partial charge in [-0.1, -0.05) is 0 Å². The normalized spacial score (nSPS) is 8.43. The summed E-state index contributed by atoms with van der Waals surface area (Å²) in [6.07, 6.45) is 0. The first-order chi connectivity index (χ1) is 2.00. The van der Waals surface area contributed by atoms with Crippen molar-refractivity contribution in [1.29, 1.82) is 0 Å². The molecule has 0 rings (SSSR count). The van der Waals surface area contributed by atoms with E-state index in [1.165, 1.54) is 0 Å². The Bertz CT molecular complexity index is 57.8. The Morgan fingerprint density at radius 1 is 1.14 bits per heavy atom. The molecule has 0 aromatic heterocycles. The van der Waals surface area contributed by atoms with Crippen molar-refractivity contribution >= 4 is 25.2 Å². The quantitative estimate of drug-likeness (QED) is 0.285. The molecule has 0 bridgehead atoms. The van der Waals surface area contributed by atoms with Gasteiger partial charge < -0.3 is 19.2 Å². The molecule has 0 aliphatic carbocycles. The van der Waals surface area contributed by atoms with Gasteiger partial charge in [-0.15, -0.1) is 0 Å². The summed E-state index contributed by atoms with van der Waals surface area (Å²) in [5, 5.41) is 0. The summed E-state index contributed by atoms with van der Waals surface area (Å²) in [4.78, 5) is 25.6. The Hall–Kier alpha value is 1.17. The predicted octanol–water partition coefficient (Wildman–Crippen LogP) is -3.21. The number of hydrogen-bond donors (Lipinski definition) is 0. The van der Waals surface area contributed by atoms with Crippen LogP contribution < -0.4 is 14.7 Å². The maximum atomic E-state index is 8.55. The number of hydrogen-bond acceptors (Lipinski definition) is 4. The van der Waals surface area contributed by atoms with Gasteiger partial charge in [-0.25, -0.2) is 0 Å². The molecule has 38 valence electrons. The Balaban J connectivity index is -0.0000000800. The second-order valence-corrected chi connectivity index (χ2v) is 1.34. The van der Waals surface area contributed by atoms with E-state index in [1.54, 1.807) is 0 Å². The minimum absolute atomic E-state index is 0. The van der Waals surface area contributed by atoms with E-state index in [0.717, 1.165) is 0 Å². The van der Waals surface area contributed by atoms with Crippen LogP contribution in [0.5, 0.6) is 0 Å². The molecule has 0 saturated carbocycles. The molecule has 4 nitrogen and oxygen atoms in total. The molecule has 0 aliphatic heterocycles. The molecule has 7 heavy (non-hydrogen) atoms. The van der Waals surface area contributed by atoms with Gasteiger partial charge in [-0.3, -0.25) is 0 Å². The van der Waals surface area contributed by atoms with Crippen LogP contribution >= 0.6 is 7.82 Å². The topological polar surface area (TPSA) is 86.2 Å². The largest absolute Gasteiger partial charge is 3.00 e. The van der Waals surface area contributed by atoms with E-state index in [1.807, 2.05) is 0 Å². The molecular weight excluding hydrogens is 174 g/mol. The van der Waals surface area contributed by atoms with Gasteiger partial charge in [0.25, 0.3) is 0 Å². The number of rotatable bonds is 0. The van der Waals surface area contributed by atoms with Gasteiger partial charge in [0.2, 0.25) is 0 Å². The SMILES string of the molecule is O=P([O-])([O-])[O-].[Al].[Cr+3]. The Kier molecular flexibility index (Phi) is 11.9. The fourth-order valence-electron chi connectivity index (χ4n) is 0. The zero-order valence-electron chi connectivity index (χ0n) is 3.07. The van der Waals surface area contributed by atoms with Crippen molar-refractivity contribution in [2.24, 2.45) is 0 Å². The fraction of sp³-hybridized carbons (Fsp3) is 0. The molecule has 0 atom stereocenters. The zero-order valence-corrected chi connectivity index (χ0v) is 6.39. The first-order valence-electron chi connectivity index (χ1n) is 0.730. The monoisotopic (exact) mass is 174 g/mol. The van der Waals surface area contributed by atoms with Crippen LogP contribution in [0.3, 0.4) is 0 Å². The van der Waals surface area contributed by atoms with Crippen LogP contribution in [0.2, 0.25) is 0 Å².